The molecule has 0 saturated heterocycles. The molecule has 4 nitrogen and oxygen atoms in total. The first-order chi connectivity index (χ1) is 12.0. The summed E-state index contributed by atoms with van der Waals surface area (Å²) in [4.78, 5) is 0.119. The Morgan fingerprint density at radius 2 is 1.88 bits per heavy atom. The maximum absolute atomic E-state index is 12.7. The van der Waals surface area contributed by atoms with E-state index in [0.717, 1.165) is 41.4 Å². The second kappa shape index (κ2) is 6.33. The van der Waals surface area contributed by atoms with E-state index in [-0.39, 0.29) is 4.90 Å². The Kier molecular flexibility index (Phi) is 4.15. The molecule has 1 N–H and O–H groups in total. The zero-order valence-corrected chi connectivity index (χ0v) is 14.9. The summed E-state index contributed by atoms with van der Waals surface area (Å²) in [6.45, 7) is 1.53. The van der Waals surface area contributed by atoms with Crippen LogP contribution in [0.3, 0.4) is 0 Å². The number of hydrogen-bond donors (Lipinski definition) is 1. The number of rotatable bonds is 3. The summed E-state index contributed by atoms with van der Waals surface area (Å²) in [6.07, 6.45) is 0.744. The second-order valence-electron chi connectivity index (χ2n) is 5.98. The summed E-state index contributed by atoms with van der Waals surface area (Å²) in [5.74, 6) is 0.408. The standard InChI is InChI=1S/C19H16ClNO3S/c20-18-5-1-3-13-11-15(7-8-16(13)18)25(22,23)24-19-6-2-4-14-12-21-10-9-17(14)19/h1-8,11,21H,9-10,12H2. The van der Waals surface area contributed by atoms with Gasteiger partial charge in [0, 0.05) is 22.5 Å². The van der Waals surface area contributed by atoms with Gasteiger partial charge in [0.25, 0.3) is 0 Å². The Morgan fingerprint density at radius 1 is 1.04 bits per heavy atom. The van der Waals surface area contributed by atoms with Gasteiger partial charge in [-0.25, -0.2) is 0 Å². The Morgan fingerprint density at radius 3 is 2.76 bits per heavy atom. The summed E-state index contributed by atoms with van der Waals surface area (Å²) in [7, 11) is -3.91. The normalized spacial score (nSPS) is 14.3. The zero-order chi connectivity index (χ0) is 17.4. The Labute approximate surface area is 151 Å². The van der Waals surface area contributed by atoms with Crippen molar-refractivity contribution >= 4 is 32.5 Å². The van der Waals surface area contributed by atoms with Crippen molar-refractivity contribution in [1.82, 2.24) is 5.32 Å². The predicted molar refractivity (Wildman–Crippen MR) is 98.6 cm³/mol. The van der Waals surface area contributed by atoms with Crippen molar-refractivity contribution in [3.63, 3.8) is 0 Å². The average molecular weight is 374 g/mol. The highest BCUT2D eigenvalue weighted by Crippen LogP contribution is 2.30. The Bertz CT molecular complexity index is 1060. The fourth-order valence-electron chi connectivity index (χ4n) is 3.12. The highest BCUT2D eigenvalue weighted by molar-refractivity contribution is 7.87. The van der Waals surface area contributed by atoms with Crippen LogP contribution in [0.15, 0.2) is 59.5 Å². The molecule has 0 unspecified atom stereocenters. The van der Waals surface area contributed by atoms with Gasteiger partial charge in [0.2, 0.25) is 0 Å². The molecule has 128 valence electrons. The fraction of sp³-hybridized carbons (Fsp3) is 0.158. The van der Waals surface area contributed by atoms with Crippen molar-refractivity contribution in [3.05, 3.63) is 70.7 Å². The van der Waals surface area contributed by atoms with Crippen LogP contribution in [-0.4, -0.2) is 15.0 Å². The van der Waals surface area contributed by atoms with E-state index in [1.165, 1.54) is 6.07 Å². The first-order valence-electron chi connectivity index (χ1n) is 7.99. The summed E-state index contributed by atoms with van der Waals surface area (Å²) < 4.78 is 31.0. The van der Waals surface area contributed by atoms with E-state index in [4.69, 9.17) is 15.8 Å². The van der Waals surface area contributed by atoms with Crippen LogP contribution in [0.4, 0.5) is 0 Å². The maximum Gasteiger partial charge on any atom is 0.339 e. The topological polar surface area (TPSA) is 55.4 Å². The molecular weight excluding hydrogens is 358 g/mol. The van der Waals surface area contributed by atoms with Crippen molar-refractivity contribution in [3.8, 4) is 5.75 Å². The monoisotopic (exact) mass is 373 g/mol. The molecule has 1 heterocycles. The van der Waals surface area contributed by atoms with Crippen molar-refractivity contribution in [2.24, 2.45) is 0 Å². The van der Waals surface area contributed by atoms with Gasteiger partial charge in [-0.2, -0.15) is 8.42 Å². The molecule has 0 aliphatic carbocycles. The molecule has 3 aromatic carbocycles. The zero-order valence-electron chi connectivity index (χ0n) is 13.3. The average Bonchev–Trinajstić information content (AvgIpc) is 2.62. The van der Waals surface area contributed by atoms with E-state index in [9.17, 15) is 8.42 Å². The number of hydrogen-bond acceptors (Lipinski definition) is 4. The summed E-state index contributed by atoms with van der Waals surface area (Å²) in [5, 5.41) is 5.43. The van der Waals surface area contributed by atoms with Gasteiger partial charge in [0.05, 0.1) is 0 Å². The first kappa shape index (κ1) is 16.4. The molecule has 0 radical (unpaired) electrons. The van der Waals surface area contributed by atoms with Crippen molar-refractivity contribution in [2.75, 3.05) is 6.54 Å². The van der Waals surface area contributed by atoms with E-state index in [0.29, 0.717) is 10.8 Å². The van der Waals surface area contributed by atoms with E-state index in [2.05, 4.69) is 5.32 Å². The molecule has 0 aromatic heterocycles. The summed E-state index contributed by atoms with van der Waals surface area (Å²) >= 11 is 6.15. The second-order valence-corrected chi connectivity index (χ2v) is 7.93. The molecule has 25 heavy (non-hydrogen) atoms. The largest absolute Gasteiger partial charge is 0.379 e. The van der Waals surface area contributed by atoms with Crippen LogP contribution in [0.5, 0.6) is 5.75 Å². The van der Waals surface area contributed by atoms with Crippen LogP contribution < -0.4 is 9.50 Å². The lowest BCUT2D eigenvalue weighted by molar-refractivity contribution is 0.479. The lowest BCUT2D eigenvalue weighted by Crippen LogP contribution is -2.24. The molecular formula is C19H16ClNO3S. The van der Waals surface area contributed by atoms with E-state index in [1.54, 1.807) is 30.3 Å². The Balaban J connectivity index is 1.73. The van der Waals surface area contributed by atoms with Gasteiger partial charge < -0.3 is 9.50 Å². The number of nitrogens with one attached hydrogen (secondary N) is 1. The van der Waals surface area contributed by atoms with Gasteiger partial charge in [-0.05, 0) is 48.2 Å². The van der Waals surface area contributed by atoms with E-state index < -0.39 is 10.1 Å². The van der Waals surface area contributed by atoms with Crippen LogP contribution in [0.25, 0.3) is 10.8 Å². The molecule has 0 saturated carbocycles. The van der Waals surface area contributed by atoms with Crippen molar-refractivity contribution < 1.29 is 12.6 Å². The fourth-order valence-corrected chi connectivity index (χ4v) is 4.36. The molecule has 1 aliphatic rings. The van der Waals surface area contributed by atoms with Crippen LogP contribution in [0, 0.1) is 0 Å². The maximum atomic E-state index is 12.7. The minimum atomic E-state index is -3.91. The van der Waals surface area contributed by atoms with Crippen LogP contribution in [-0.2, 0) is 23.1 Å². The molecule has 1 aliphatic heterocycles. The SMILES string of the molecule is O=S(=O)(Oc1cccc2c1CCNC2)c1ccc2c(Cl)cccc2c1. The minimum Gasteiger partial charge on any atom is -0.379 e. The quantitative estimate of drug-likeness (QED) is 0.707. The molecule has 0 fully saturated rings. The highest BCUT2D eigenvalue weighted by atomic mass is 35.5. The number of halogens is 1. The molecule has 6 heteroatoms. The third-order valence-electron chi connectivity index (χ3n) is 4.38. The molecule has 0 amide bonds. The lowest BCUT2D eigenvalue weighted by atomic mass is 10.0. The molecule has 0 bridgehead atoms. The van der Waals surface area contributed by atoms with Crippen molar-refractivity contribution in [2.45, 2.75) is 17.9 Å². The molecule has 4 rings (SSSR count). The van der Waals surface area contributed by atoms with Gasteiger partial charge in [-0.3, -0.25) is 0 Å². The molecule has 3 aromatic rings. The van der Waals surface area contributed by atoms with Gasteiger partial charge in [-0.15, -0.1) is 0 Å². The van der Waals surface area contributed by atoms with Gasteiger partial charge in [0.1, 0.15) is 10.6 Å². The summed E-state index contributed by atoms with van der Waals surface area (Å²) in [5.41, 5.74) is 2.03. The summed E-state index contributed by atoms with van der Waals surface area (Å²) in [6, 6.07) is 15.7. The minimum absolute atomic E-state index is 0.119. The highest BCUT2D eigenvalue weighted by Gasteiger charge is 2.21. The number of benzene rings is 3. The number of fused-ring (bicyclic) bond motifs is 2. The van der Waals surface area contributed by atoms with Crippen LogP contribution in [0.2, 0.25) is 5.02 Å². The van der Waals surface area contributed by atoms with E-state index in [1.807, 2.05) is 18.2 Å². The van der Waals surface area contributed by atoms with E-state index >= 15 is 0 Å². The first-order valence-corrected chi connectivity index (χ1v) is 9.77. The molecule has 0 atom stereocenters. The van der Waals surface area contributed by atoms with Gasteiger partial charge in [0.15, 0.2) is 0 Å². The Hall–Kier alpha value is -2.08. The third kappa shape index (κ3) is 3.11. The smallest absolute Gasteiger partial charge is 0.339 e. The molecule has 0 spiro atoms. The van der Waals surface area contributed by atoms with Crippen LogP contribution in [0.1, 0.15) is 11.1 Å². The van der Waals surface area contributed by atoms with Crippen LogP contribution >= 0.6 is 11.6 Å². The van der Waals surface area contributed by atoms with Gasteiger partial charge in [-0.1, -0.05) is 41.9 Å². The third-order valence-corrected chi connectivity index (χ3v) is 5.94. The van der Waals surface area contributed by atoms with Crippen molar-refractivity contribution in [1.29, 1.82) is 0 Å². The lowest BCUT2D eigenvalue weighted by Gasteiger charge is -2.20. The van der Waals surface area contributed by atoms with Gasteiger partial charge >= 0.3 is 10.1 Å². The predicted octanol–water partition coefficient (Wildman–Crippen LogP) is 3.91.